The van der Waals surface area contributed by atoms with E-state index in [2.05, 4.69) is 0 Å². The summed E-state index contributed by atoms with van der Waals surface area (Å²) in [5.74, 6) is -0.0726. The second-order valence-corrected chi connectivity index (χ2v) is 8.40. The fourth-order valence-corrected chi connectivity index (χ4v) is 4.58. The van der Waals surface area contributed by atoms with Crippen LogP contribution in [0.5, 0.6) is 0 Å². The molecule has 1 aliphatic heterocycles. The minimum atomic E-state index is -3.59. The Morgan fingerprint density at radius 1 is 1.04 bits per heavy atom. The Morgan fingerprint density at radius 2 is 1.68 bits per heavy atom. The normalized spacial score (nSPS) is 19.0. The van der Waals surface area contributed by atoms with Crippen LogP contribution in [-0.2, 0) is 10.0 Å². The van der Waals surface area contributed by atoms with Crippen LogP contribution in [-0.4, -0.2) is 49.2 Å². The molecular weight excluding hydrogens is 360 g/mol. The molecule has 1 amide bonds. The number of hydrogen-bond donors (Lipinski definition) is 0. The van der Waals surface area contributed by atoms with E-state index in [0.29, 0.717) is 17.1 Å². The lowest BCUT2D eigenvalue weighted by atomic mass is 10.1. The molecule has 5 nitrogen and oxygen atoms in total. The summed E-state index contributed by atoms with van der Waals surface area (Å²) in [4.78, 5) is 14.6. The van der Waals surface area contributed by atoms with Crippen molar-refractivity contribution in [2.75, 3.05) is 19.6 Å². The average Bonchev–Trinajstić information content (AvgIpc) is 2.62. The quantitative estimate of drug-likeness (QED) is 0.825. The topological polar surface area (TPSA) is 57.7 Å². The highest BCUT2D eigenvalue weighted by Crippen LogP contribution is 2.22. The molecule has 0 saturated carbocycles. The number of amides is 1. The number of halogens is 1. The van der Waals surface area contributed by atoms with E-state index in [-0.39, 0.29) is 29.9 Å². The highest BCUT2D eigenvalue weighted by atomic mass is 35.5. The average molecular weight is 379 g/mol. The fourth-order valence-electron chi connectivity index (χ4n) is 2.95. The van der Waals surface area contributed by atoms with Gasteiger partial charge in [-0.1, -0.05) is 29.8 Å². The van der Waals surface area contributed by atoms with Gasteiger partial charge in [-0.15, -0.1) is 0 Å². The molecule has 1 aliphatic rings. The van der Waals surface area contributed by atoms with Crippen LogP contribution in [0.2, 0.25) is 5.02 Å². The van der Waals surface area contributed by atoms with E-state index < -0.39 is 10.0 Å². The maximum absolute atomic E-state index is 12.8. The van der Waals surface area contributed by atoms with E-state index in [0.717, 1.165) is 0 Å². The highest BCUT2D eigenvalue weighted by molar-refractivity contribution is 7.89. The molecule has 1 unspecified atom stereocenters. The van der Waals surface area contributed by atoms with Crippen LogP contribution >= 0.6 is 11.6 Å². The Bertz CT molecular complexity index is 854. The standard InChI is InChI=1S/C18H19ClN2O3S/c1-14-13-20(25(23,24)17-9-7-16(19)8-10-17)11-12-21(14)18(22)15-5-3-2-4-6-15/h2-10,14H,11-13H2,1H3. The minimum absolute atomic E-state index is 0.0726. The number of benzene rings is 2. The zero-order chi connectivity index (χ0) is 18.0. The van der Waals surface area contributed by atoms with Crippen molar-refractivity contribution < 1.29 is 13.2 Å². The Morgan fingerprint density at radius 3 is 2.28 bits per heavy atom. The summed E-state index contributed by atoms with van der Waals surface area (Å²) in [6, 6.07) is 15.0. The van der Waals surface area contributed by atoms with Crippen molar-refractivity contribution in [3.05, 3.63) is 65.2 Å². The molecule has 25 heavy (non-hydrogen) atoms. The maximum Gasteiger partial charge on any atom is 0.254 e. The molecule has 2 aromatic rings. The van der Waals surface area contributed by atoms with Gasteiger partial charge in [-0.05, 0) is 43.3 Å². The smallest absolute Gasteiger partial charge is 0.254 e. The van der Waals surface area contributed by atoms with Gasteiger partial charge in [-0.2, -0.15) is 4.31 Å². The summed E-state index contributed by atoms with van der Waals surface area (Å²) in [7, 11) is -3.59. The lowest BCUT2D eigenvalue weighted by Gasteiger charge is -2.39. The first-order valence-corrected chi connectivity index (χ1v) is 9.83. The number of nitrogens with zero attached hydrogens (tertiary/aromatic N) is 2. The van der Waals surface area contributed by atoms with E-state index >= 15 is 0 Å². The molecule has 2 aromatic carbocycles. The van der Waals surface area contributed by atoms with Gasteiger partial charge >= 0.3 is 0 Å². The lowest BCUT2D eigenvalue weighted by molar-refractivity contribution is 0.0591. The van der Waals surface area contributed by atoms with Gasteiger partial charge in [0.25, 0.3) is 5.91 Å². The van der Waals surface area contributed by atoms with Gasteiger partial charge in [-0.25, -0.2) is 8.42 Å². The molecule has 7 heteroatoms. The Kier molecular flexibility index (Phi) is 5.13. The number of sulfonamides is 1. The third-order valence-corrected chi connectivity index (χ3v) is 6.45. The molecule has 132 valence electrons. The van der Waals surface area contributed by atoms with Gasteiger partial charge in [0.1, 0.15) is 0 Å². The van der Waals surface area contributed by atoms with Crippen LogP contribution in [0.1, 0.15) is 17.3 Å². The molecule has 0 aromatic heterocycles. The van der Waals surface area contributed by atoms with Crippen molar-refractivity contribution in [2.45, 2.75) is 17.9 Å². The van der Waals surface area contributed by atoms with Gasteiger partial charge in [0.05, 0.1) is 4.90 Å². The SMILES string of the molecule is CC1CN(S(=O)(=O)c2ccc(Cl)cc2)CCN1C(=O)c1ccccc1. The maximum atomic E-state index is 12.8. The van der Waals surface area contributed by atoms with E-state index in [1.165, 1.54) is 16.4 Å². The zero-order valence-corrected chi connectivity index (χ0v) is 15.4. The summed E-state index contributed by atoms with van der Waals surface area (Å²) < 4.78 is 27.0. The summed E-state index contributed by atoms with van der Waals surface area (Å²) in [6.07, 6.45) is 0. The van der Waals surface area contributed by atoms with Gasteiger partial charge in [0.2, 0.25) is 10.0 Å². The van der Waals surface area contributed by atoms with Crippen LogP contribution in [0.3, 0.4) is 0 Å². The first kappa shape index (κ1) is 17.9. The first-order valence-electron chi connectivity index (χ1n) is 8.01. The number of hydrogen-bond acceptors (Lipinski definition) is 3. The minimum Gasteiger partial charge on any atom is -0.333 e. The van der Waals surface area contributed by atoms with E-state index in [4.69, 9.17) is 11.6 Å². The van der Waals surface area contributed by atoms with Crippen molar-refractivity contribution in [3.8, 4) is 0 Å². The van der Waals surface area contributed by atoms with Gasteiger partial charge in [0.15, 0.2) is 0 Å². The van der Waals surface area contributed by atoms with Gasteiger partial charge in [-0.3, -0.25) is 4.79 Å². The molecule has 3 rings (SSSR count). The van der Waals surface area contributed by atoms with Crippen molar-refractivity contribution in [3.63, 3.8) is 0 Å². The van der Waals surface area contributed by atoms with Crippen LogP contribution in [0.4, 0.5) is 0 Å². The fraction of sp³-hybridized carbons (Fsp3) is 0.278. The van der Waals surface area contributed by atoms with Crippen molar-refractivity contribution >= 4 is 27.5 Å². The molecule has 0 N–H and O–H groups in total. The molecule has 1 atom stereocenters. The number of carbonyl (C=O) groups excluding carboxylic acids is 1. The number of piperazine rings is 1. The van der Waals surface area contributed by atoms with Gasteiger partial charge < -0.3 is 4.90 Å². The molecular formula is C18H19ClN2O3S. The Hall–Kier alpha value is -1.89. The van der Waals surface area contributed by atoms with E-state index in [1.807, 2.05) is 25.1 Å². The Balaban J connectivity index is 1.75. The largest absolute Gasteiger partial charge is 0.333 e. The number of rotatable bonds is 3. The van der Waals surface area contributed by atoms with Crippen LogP contribution in [0, 0.1) is 0 Å². The van der Waals surface area contributed by atoms with E-state index in [9.17, 15) is 13.2 Å². The third-order valence-electron chi connectivity index (χ3n) is 4.32. The van der Waals surface area contributed by atoms with Crippen molar-refractivity contribution in [2.24, 2.45) is 0 Å². The molecule has 0 radical (unpaired) electrons. The van der Waals surface area contributed by atoms with E-state index in [1.54, 1.807) is 29.2 Å². The summed E-state index contributed by atoms with van der Waals surface area (Å²) in [5.41, 5.74) is 0.614. The molecule has 1 fully saturated rings. The molecule has 0 spiro atoms. The second kappa shape index (κ2) is 7.15. The summed E-state index contributed by atoms with van der Waals surface area (Å²) >= 11 is 5.83. The monoisotopic (exact) mass is 378 g/mol. The number of carbonyl (C=O) groups is 1. The molecule has 1 saturated heterocycles. The second-order valence-electron chi connectivity index (χ2n) is 6.03. The lowest BCUT2D eigenvalue weighted by Crippen LogP contribution is -2.55. The van der Waals surface area contributed by atoms with Crippen LogP contribution < -0.4 is 0 Å². The predicted molar refractivity (Wildman–Crippen MR) is 97.2 cm³/mol. The zero-order valence-electron chi connectivity index (χ0n) is 13.8. The highest BCUT2D eigenvalue weighted by Gasteiger charge is 2.34. The summed E-state index contributed by atoms with van der Waals surface area (Å²) in [5, 5.41) is 0.491. The molecule has 1 heterocycles. The molecule has 0 aliphatic carbocycles. The van der Waals surface area contributed by atoms with Crippen molar-refractivity contribution in [1.82, 2.24) is 9.21 Å². The van der Waals surface area contributed by atoms with Gasteiger partial charge in [0, 0.05) is 36.3 Å². The first-order chi connectivity index (χ1) is 11.9. The van der Waals surface area contributed by atoms with Crippen LogP contribution in [0.25, 0.3) is 0 Å². The van der Waals surface area contributed by atoms with Crippen LogP contribution in [0.15, 0.2) is 59.5 Å². The van der Waals surface area contributed by atoms with Crippen molar-refractivity contribution in [1.29, 1.82) is 0 Å². The third kappa shape index (κ3) is 3.71. The Labute approximate surface area is 152 Å². The predicted octanol–water partition coefficient (Wildman–Crippen LogP) is 2.88. The molecule has 0 bridgehead atoms. The summed E-state index contributed by atoms with van der Waals surface area (Å²) in [6.45, 7) is 2.77.